The first-order valence-corrected chi connectivity index (χ1v) is 10.6. The fourth-order valence-electron chi connectivity index (χ4n) is 2.68. The first-order valence-electron chi connectivity index (χ1n) is 9.12. The molecule has 2 rings (SSSR count). The van der Waals surface area contributed by atoms with Crippen LogP contribution in [0.4, 0.5) is 0 Å². The van der Waals surface area contributed by atoms with E-state index in [0.29, 0.717) is 26.1 Å². The molecule has 1 aliphatic rings. The standard InChI is InChI=1S/C18H28N4O5S/c1-14-5-7-15(8-6-14)28(25,26)22-10-4-12-27-16(22)13-20-18(24)17(23)19-9-11-21(2)3/h5-8,16H,4,9-13H2,1-3H3,(H,19,23)(H,20,24)/t16-/m1/s1. The molecule has 0 bridgehead atoms. The SMILES string of the molecule is Cc1ccc(S(=O)(=O)N2CCCO[C@@H]2CNC(=O)C(=O)NCCN(C)C)cc1. The van der Waals surface area contributed by atoms with E-state index in [1.807, 2.05) is 25.9 Å². The maximum absolute atomic E-state index is 12.9. The van der Waals surface area contributed by atoms with Gasteiger partial charge in [-0.15, -0.1) is 0 Å². The molecule has 1 aromatic rings. The van der Waals surface area contributed by atoms with Crippen LogP contribution in [0.15, 0.2) is 29.2 Å². The van der Waals surface area contributed by atoms with E-state index < -0.39 is 28.1 Å². The second kappa shape index (κ2) is 9.97. The molecule has 156 valence electrons. The minimum absolute atomic E-state index is 0.106. The minimum atomic E-state index is -3.77. The zero-order valence-corrected chi connectivity index (χ0v) is 17.3. The lowest BCUT2D eigenvalue weighted by Crippen LogP contribution is -2.53. The molecule has 0 aliphatic carbocycles. The van der Waals surface area contributed by atoms with Gasteiger partial charge in [-0.05, 0) is 39.6 Å². The van der Waals surface area contributed by atoms with E-state index in [-0.39, 0.29) is 18.0 Å². The maximum atomic E-state index is 12.9. The Morgan fingerprint density at radius 3 is 2.46 bits per heavy atom. The number of benzene rings is 1. The second-order valence-corrected chi connectivity index (χ2v) is 8.77. The van der Waals surface area contributed by atoms with E-state index >= 15 is 0 Å². The molecule has 1 atom stereocenters. The number of amides is 2. The van der Waals surface area contributed by atoms with Gasteiger partial charge in [0.1, 0.15) is 6.23 Å². The van der Waals surface area contributed by atoms with Crippen molar-refractivity contribution in [3.8, 4) is 0 Å². The Morgan fingerprint density at radius 2 is 1.82 bits per heavy atom. The summed E-state index contributed by atoms with van der Waals surface area (Å²) in [5.74, 6) is -1.58. The van der Waals surface area contributed by atoms with Gasteiger partial charge in [-0.25, -0.2) is 8.42 Å². The van der Waals surface area contributed by atoms with E-state index in [4.69, 9.17) is 4.74 Å². The van der Waals surface area contributed by atoms with Crippen LogP contribution >= 0.6 is 0 Å². The van der Waals surface area contributed by atoms with Crippen LogP contribution in [0.1, 0.15) is 12.0 Å². The lowest BCUT2D eigenvalue weighted by atomic mass is 10.2. The number of sulfonamides is 1. The van der Waals surface area contributed by atoms with Crippen LogP contribution in [0.25, 0.3) is 0 Å². The fourth-order valence-corrected chi connectivity index (χ4v) is 4.25. The van der Waals surface area contributed by atoms with Gasteiger partial charge in [-0.2, -0.15) is 4.31 Å². The number of hydrogen-bond acceptors (Lipinski definition) is 6. The number of ether oxygens (including phenoxy) is 1. The molecule has 1 aromatic carbocycles. The van der Waals surface area contributed by atoms with Crippen molar-refractivity contribution in [2.24, 2.45) is 0 Å². The van der Waals surface area contributed by atoms with Crippen LogP contribution < -0.4 is 10.6 Å². The van der Waals surface area contributed by atoms with Gasteiger partial charge in [-0.3, -0.25) is 9.59 Å². The molecule has 1 saturated heterocycles. The molecule has 1 aliphatic heterocycles. The first-order chi connectivity index (χ1) is 13.2. The van der Waals surface area contributed by atoms with Crippen molar-refractivity contribution in [2.45, 2.75) is 24.5 Å². The van der Waals surface area contributed by atoms with Gasteiger partial charge >= 0.3 is 11.8 Å². The normalized spacial score (nSPS) is 18.1. The summed E-state index contributed by atoms with van der Waals surface area (Å²) in [6.07, 6.45) is -0.306. The fraction of sp³-hybridized carbons (Fsp3) is 0.556. The number of hydrogen-bond donors (Lipinski definition) is 2. The van der Waals surface area contributed by atoms with E-state index in [0.717, 1.165) is 5.56 Å². The van der Waals surface area contributed by atoms with Crippen LogP contribution in [-0.4, -0.2) is 82.5 Å². The molecule has 9 nitrogen and oxygen atoms in total. The number of nitrogens with zero attached hydrogens (tertiary/aromatic N) is 2. The number of carbonyl (C=O) groups excluding carboxylic acids is 2. The summed E-state index contributed by atoms with van der Waals surface area (Å²) in [4.78, 5) is 25.8. The lowest BCUT2D eigenvalue weighted by Gasteiger charge is -2.34. The summed E-state index contributed by atoms with van der Waals surface area (Å²) in [5.41, 5.74) is 0.956. The van der Waals surface area contributed by atoms with Crippen molar-refractivity contribution >= 4 is 21.8 Å². The average Bonchev–Trinajstić information content (AvgIpc) is 2.66. The summed E-state index contributed by atoms with van der Waals surface area (Å²) >= 11 is 0. The minimum Gasteiger partial charge on any atom is -0.360 e. The van der Waals surface area contributed by atoms with Crippen molar-refractivity contribution in [3.05, 3.63) is 29.8 Å². The topological polar surface area (TPSA) is 108 Å². The molecule has 0 aromatic heterocycles. The zero-order valence-electron chi connectivity index (χ0n) is 16.5. The van der Waals surface area contributed by atoms with Crippen molar-refractivity contribution in [2.75, 3.05) is 46.9 Å². The predicted molar refractivity (Wildman–Crippen MR) is 104 cm³/mol. The highest BCUT2D eigenvalue weighted by Gasteiger charge is 2.34. The van der Waals surface area contributed by atoms with Gasteiger partial charge in [0.05, 0.1) is 18.0 Å². The molecule has 0 unspecified atom stereocenters. The van der Waals surface area contributed by atoms with Gasteiger partial charge in [0, 0.05) is 19.6 Å². The smallest absolute Gasteiger partial charge is 0.309 e. The van der Waals surface area contributed by atoms with Crippen LogP contribution in [0, 0.1) is 6.92 Å². The average molecular weight is 413 g/mol. The Morgan fingerprint density at radius 1 is 1.18 bits per heavy atom. The molecule has 2 N–H and O–H groups in total. The Bertz CT molecular complexity index is 780. The Labute approximate surface area is 166 Å². The number of rotatable bonds is 7. The third kappa shape index (κ3) is 5.99. The Balaban J connectivity index is 1.98. The predicted octanol–water partition coefficient (Wildman–Crippen LogP) is -0.474. The van der Waals surface area contributed by atoms with Gasteiger partial charge in [0.25, 0.3) is 0 Å². The Kier molecular flexibility index (Phi) is 7.93. The third-order valence-electron chi connectivity index (χ3n) is 4.27. The molecule has 28 heavy (non-hydrogen) atoms. The van der Waals surface area contributed by atoms with E-state index in [2.05, 4.69) is 10.6 Å². The molecule has 0 saturated carbocycles. The monoisotopic (exact) mass is 412 g/mol. The van der Waals surface area contributed by atoms with Crippen molar-refractivity contribution in [1.29, 1.82) is 0 Å². The largest absolute Gasteiger partial charge is 0.360 e. The molecule has 0 spiro atoms. The molecule has 0 radical (unpaired) electrons. The number of carbonyl (C=O) groups is 2. The van der Waals surface area contributed by atoms with Crippen LogP contribution in [-0.2, 0) is 24.3 Å². The molecular weight excluding hydrogens is 384 g/mol. The first kappa shape index (κ1) is 22.3. The van der Waals surface area contributed by atoms with Crippen molar-refractivity contribution in [3.63, 3.8) is 0 Å². The van der Waals surface area contributed by atoms with E-state index in [1.165, 1.54) is 4.31 Å². The number of aryl methyl sites for hydroxylation is 1. The van der Waals surface area contributed by atoms with Crippen LogP contribution in [0.2, 0.25) is 0 Å². The van der Waals surface area contributed by atoms with Crippen molar-refractivity contribution in [1.82, 2.24) is 19.8 Å². The highest BCUT2D eigenvalue weighted by atomic mass is 32.2. The molecule has 1 heterocycles. The van der Waals surface area contributed by atoms with E-state index in [9.17, 15) is 18.0 Å². The molecule has 10 heteroatoms. The maximum Gasteiger partial charge on any atom is 0.309 e. The van der Waals surface area contributed by atoms with Gasteiger partial charge in [-0.1, -0.05) is 17.7 Å². The third-order valence-corrected chi connectivity index (χ3v) is 6.17. The van der Waals surface area contributed by atoms with Crippen LogP contribution in [0.5, 0.6) is 0 Å². The van der Waals surface area contributed by atoms with Gasteiger partial charge in [0.15, 0.2) is 0 Å². The lowest BCUT2D eigenvalue weighted by molar-refractivity contribution is -0.140. The van der Waals surface area contributed by atoms with Gasteiger partial charge < -0.3 is 20.3 Å². The Hall–Kier alpha value is -2.01. The summed E-state index contributed by atoms with van der Waals surface area (Å²) in [7, 11) is -0.0551. The van der Waals surface area contributed by atoms with Crippen LogP contribution in [0.3, 0.4) is 0 Å². The second-order valence-electron chi connectivity index (χ2n) is 6.88. The zero-order chi connectivity index (χ0) is 20.7. The number of likely N-dealkylation sites (N-methyl/N-ethyl adjacent to an activating group) is 1. The molecular formula is C18H28N4O5S. The molecule has 1 fully saturated rings. The quantitative estimate of drug-likeness (QED) is 0.586. The summed E-state index contributed by atoms with van der Waals surface area (Å²) in [6, 6.07) is 6.55. The summed E-state index contributed by atoms with van der Waals surface area (Å²) in [5, 5.41) is 4.97. The van der Waals surface area contributed by atoms with E-state index in [1.54, 1.807) is 24.3 Å². The van der Waals surface area contributed by atoms with Gasteiger partial charge in [0.2, 0.25) is 10.0 Å². The summed E-state index contributed by atoms with van der Waals surface area (Å²) < 4.78 is 32.7. The highest BCUT2D eigenvalue weighted by Crippen LogP contribution is 2.22. The van der Waals surface area contributed by atoms with Crippen molar-refractivity contribution < 1.29 is 22.7 Å². The molecule has 2 amide bonds. The highest BCUT2D eigenvalue weighted by molar-refractivity contribution is 7.89. The summed E-state index contributed by atoms with van der Waals surface area (Å²) in [6.45, 7) is 3.38. The number of nitrogens with one attached hydrogen (secondary N) is 2.